The van der Waals surface area contributed by atoms with E-state index in [1.54, 1.807) is 0 Å². The highest BCUT2D eigenvalue weighted by molar-refractivity contribution is 5.75. The molecule has 0 aromatic rings. The minimum atomic E-state index is -0.782. The summed E-state index contributed by atoms with van der Waals surface area (Å²) in [6.45, 7) is 0. The second-order valence-electron chi connectivity index (χ2n) is 1.79. The van der Waals surface area contributed by atoms with E-state index in [1.165, 1.54) is 0 Å². The molecule has 0 radical (unpaired) electrons. The average molecular weight is 146 g/mol. The normalized spacial score (nSPS) is 12.2. The maximum atomic E-state index is 10.4. The number of hydrogen-bond donors (Lipinski definition) is 2. The molecule has 0 rings (SSSR count). The Morgan fingerprint density at radius 2 is 2.30 bits per heavy atom. The minimum Gasteiger partial charge on any atom is -0.372 e. The predicted octanol–water partition coefficient (Wildman–Crippen LogP) is -1.29. The van der Waals surface area contributed by atoms with Crippen molar-refractivity contribution in [2.24, 2.45) is 11.6 Å². The fraction of sp³-hybridized carbons (Fsp3) is 0.600. The van der Waals surface area contributed by atoms with Crippen LogP contribution in [0.1, 0.15) is 12.8 Å². The Morgan fingerprint density at radius 1 is 1.70 bits per heavy atom. The first-order chi connectivity index (χ1) is 4.72. The van der Waals surface area contributed by atoms with Crippen molar-refractivity contribution in [1.82, 2.24) is 0 Å². The van der Waals surface area contributed by atoms with Crippen molar-refractivity contribution in [3.05, 3.63) is 0 Å². The van der Waals surface area contributed by atoms with Crippen LogP contribution >= 0.6 is 0 Å². The molecule has 0 saturated carbocycles. The molecule has 0 amide bonds. The van der Waals surface area contributed by atoms with E-state index in [2.05, 4.69) is 10.7 Å². The average Bonchev–Trinajstić information content (AvgIpc) is 1.98. The van der Waals surface area contributed by atoms with E-state index < -0.39 is 12.0 Å². The van der Waals surface area contributed by atoms with Crippen LogP contribution in [0, 0.1) is 0 Å². The van der Waals surface area contributed by atoms with Gasteiger partial charge in [-0.25, -0.2) is 4.79 Å². The van der Waals surface area contributed by atoms with E-state index in [1.807, 2.05) is 0 Å². The van der Waals surface area contributed by atoms with Gasteiger partial charge < -0.3 is 15.4 Å². The zero-order chi connectivity index (χ0) is 7.98. The lowest BCUT2D eigenvalue weighted by Gasteiger charge is -2.04. The molecule has 4 N–H and O–H groups in total. The lowest BCUT2D eigenvalue weighted by Crippen LogP contribution is -2.33. The van der Waals surface area contributed by atoms with E-state index in [-0.39, 0.29) is 12.8 Å². The predicted molar refractivity (Wildman–Crippen MR) is 33.6 cm³/mol. The largest absolute Gasteiger partial charge is 0.372 e. The molecule has 0 aromatic carbocycles. The minimum absolute atomic E-state index is 0.246. The van der Waals surface area contributed by atoms with Crippen LogP contribution in [0.5, 0.6) is 0 Å². The maximum Gasteiger partial charge on any atom is 0.341 e. The van der Waals surface area contributed by atoms with E-state index in [0.29, 0.717) is 6.29 Å². The first-order valence-corrected chi connectivity index (χ1v) is 2.82. The summed E-state index contributed by atoms with van der Waals surface area (Å²) >= 11 is 0. The number of carbonyl (C=O) groups is 2. The highest BCUT2D eigenvalue weighted by Gasteiger charge is 2.12. The molecule has 0 heterocycles. The molecule has 5 nitrogen and oxygen atoms in total. The molecule has 0 aliphatic carbocycles. The second kappa shape index (κ2) is 4.89. The topological polar surface area (TPSA) is 95.4 Å². The SMILES string of the molecule is NOC(=O)[C@@H](N)CCC=O. The molecule has 58 valence electrons. The molecule has 0 aliphatic heterocycles. The monoisotopic (exact) mass is 146 g/mol. The Balaban J connectivity index is 3.50. The van der Waals surface area contributed by atoms with Gasteiger partial charge in [-0.2, -0.15) is 5.90 Å². The van der Waals surface area contributed by atoms with Crippen LogP contribution in [0.2, 0.25) is 0 Å². The summed E-state index contributed by atoms with van der Waals surface area (Å²) in [6, 6.07) is -0.782. The fourth-order valence-corrected chi connectivity index (χ4v) is 0.453. The van der Waals surface area contributed by atoms with Crippen molar-refractivity contribution >= 4 is 12.3 Å². The van der Waals surface area contributed by atoms with Gasteiger partial charge in [0.2, 0.25) is 0 Å². The summed E-state index contributed by atoms with van der Waals surface area (Å²) in [5.41, 5.74) is 5.20. The molecule has 0 aromatic heterocycles. The first-order valence-electron chi connectivity index (χ1n) is 2.82. The summed E-state index contributed by atoms with van der Waals surface area (Å²) in [5.74, 6) is 3.83. The van der Waals surface area contributed by atoms with E-state index in [9.17, 15) is 9.59 Å². The molecule has 1 atom stereocenters. The Hall–Kier alpha value is -0.940. The van der Waals surface area contributed by atoms with Gasteiger partial charge in [0.15, 0.2) is 0 Å². The maximum absolute atomic E-state index is 10.4. The summed E-state index contributed by atoms with van der Waals surface area (Å²) in [4.78, 5) is 24.0. The summed E-state index contributed by atoms with van der Waals surface area (Å²) < 4.78 is 0. The Morgan fingerprint density at radius 3 is 2.70 bits per heavy atom. The van der Waals surface area contributed by atoms with Crippen LogP contribution in [0.15, 0.2) is 0 Å². The third-order valence-electron chi connectivity index (χ3n) is 1.01. The molecule has 0 bridgehead atoms. The third kappa shape index (κ3) is 3.16. The molecule has 5 heteroatoms. The molecule has 0 fully saturated rings. The van der Waals surface area contributed by atoms with Crippen LogP contribution < -0.4 is 11.6 Å². The quantitative estimate of drug-likeness (QED) is 0.380. The van der Waals surface area contributed by atoms with Crippen molar-refractivity contribution in [3.63, 3.8) is 0 Å². The van der Waals surface area contributed by atoms with Gasteiger partial charge in [0, 0.05) is 6.42 Å². The van der Waals surface area contributed by atoms with Gasteiger partial charge in [-0.05, 0) is 6.42 Å². The number of hydrogen-bond acceptors (Lipinski definition) is 5. The Bertz CT molecular complexity index is 126. The Labute approximate surface area is 58.3 Å². The number of carbonyl (C=O) groups excluding carboxylic acids is 2. The van der Waals surface area contributed by atoms with Gasteiger partial charge >= 0.3 is 5.97 Å². The summed E-state index contributed by atoms with van der Waals surface area (Å²) in [7, 11) is 0. The number of nitrogens with two attached hydrogens (primary N) is 2. The highest BCUT2D eigenvalue weighted by Crippen LogP contribution is 1.92. The highest BCUT2D eigenvalue weighted by atomic mass is 16.7. The van der Waals surface area contributed by atoms with E-state index in [4.69, 9.17) is 5.73 Å². The van der Waals surface area contributed by atoms with Crippen LogP contribution in [0.3, 0.4) is 0 Å². The summed E-state index contributed by atoms with van der Waals surface area (Å²) in [6.07, 6.45) is 1.21. The standard InChI is InChI=1S/C5H10N2O3/c6-4(2-1-3-8)5(9)10-7/h3-4H,1-2,6-7H2/t4-/m0/s1. The lowest BCUT2D eigenvalue weighted by atomic mass is 10.2. The van der Waals surface area contributed by atoms with Gasteiger partial charge in [0.05, 0.1) is 0 Å². The zero-order valence-electron chi connectivity index (χ0n) is 5.45. The van der Waals surface area contributed by atoms with Crippen LogP contribution in [-0.2, 0) is 14.4 Å². The van der Waals surface area contributed by atoms with Gasteiger partial charge in [0.25, 0.3) is 0 Å². The molecule has 0 saturated heterocycles. The van der Waals surface area contributed by atoms with Crippen LogP contribution in [0.4, 0.5) is 0 Å². The van der Waals surface area contributed by atoms with E-state index >= 15 is 0 Å². The third-order valence-corrected chi connectivity index (χ3v) is 1.01. The number of rotatable bonds is 4. The molecular weight excluding hydrogens is 136 g/mol. The van der Waals surface area contributed by atoms with Crippen LogP contribution in [-0.4, -0.2) is 18.3 Å². The zero-order valence-corrected chi connectivity index (χ0v) is 5.45. The molecule has 0 aliphatic rings. The van der Waals surface area contributed by atoms with Gasteiger partial charge in [0.1, 0.15) is 12.3 Å². The van der Waals surface area contributed by atoms with Crippen molar-refractivity contribution in [3.8, 4) is 0 Å². The second-order valence-corrected chi connectivity index (χ2v) is 1.79. The lowest BCUT2D eigenvalue weighted by molar-refractivity contribution is -0.145. The van der Waals surface area contributed by atoms with Gasteiger partial charge in [-0.15, -0.1) is 0 Å². The molecule has 0 spiro atoms. The van der Waals surface area contributed by atoms with Crippen molar-refractivity contribution < 1.29 is 14.4 Å². The van der Waals surface area contributed by atoms with Gasteiger partial charge in [-0.3, -0.25) is 0 Å². The summed E-state index contributed by atoms with van der Waals surface area (Å²) in [5, 5.41) is 0. The molecule has 0 unspecified atom stereocenters. The number of aldehydes is 1. The van der Waals surface area contributed by atoms with Crippen molar-refractivity contribution in [2.45, 2.75) is 18.9 Å². The smallest absolute Gasteiger partial charge is 0.341 e. The van der Waals surface area contributed by atoms with E-state index in [0.717, 1.165) is 0 Å². The fourth-order valence-electron chi connectivity index (χ4n) is 0.453. The van der Waals surface area contributed by atoms with Crippen LogP contribution in [0.25, 0.3) is 0 Å². The first kappa shape index (κ1) is 9.06. The molecule has 10 heavy (non-hydrogen) atoms. The van der Waals surface area contributed by atoms with Crippen molar-refractivity contribution in [1.29, 1.82) is 0 Å². The Kier molecular flexibility index (Phi) is 4.43. The van der Waals surface area contributed by atoms with Crippen molar-refractivity contribution in [2.75, 3.05) is 0 Å². The molecular formula is C5H10N2O3. The van der Waals surface area contributed by atoms with Gasteiger partial charge in [-0.1, -0.05) is 0 Å².